The Kier molecular flexibility index (Phi) is 26.2. The van der Waals surface area contributed by atoms with Crippen molar-refractivity contribution in [1.29, 1.82) is 0 Å². The van der Waals surface area contributed by atoms with Crippen LogP contribution in [0.4, 0.5) is 0 Å². The fourth-order valence-electron chi connectivity index (χ4n) is 3.76. The molecule has 2 atom stereocenters. The highest BCUT2D eigenvalue weighted by Gasteiger charge is 2.20. The zero-order chi connectivity index (χ0) is 25.7. The summed E-state index contributed by atoms with van der Waals surface area (Å²) in [6, 6.07) is 6.85. The number of rotatable bonds is 8. The van der Waals surface area contributed by atoms with Crippen molar-refractivity contribution in [2.45, 2.75) is 148 Å². The highest BCUT2D eigenvalue weighted by molar-refractivity contribution is 5.33. The van der Waals surface area contributed by atoms with Crippen LogP contribution < -0.4 is 0 Å². The van der Waals surface area contributed by atoms with Gasteiger partial charge in [0.2, 0.25) is 0 Å². The van der Waals surface area contributed by atoms with E-state index in [2.05, 4.69) is 73.6 Å². The van der Waals surface area contributed by atoms with Gasteiger partial charge < -0.3 is 0 Å². The molecule has 0 nitrogen and oxygen atoms in total. The van der Waals surface area contributed by atoms with E-state index in [-0.39, 0.29) is 0 Å². The summed E-state index contributed by atoms with van der Waals surface area (Å²) in [5.41, 5.74) is 4.46. The quantitative estimate of drug-likeness (QED) is 0.371. The third-order valence-electron chi connectivity index (χ3n) is 6.34. The molecule has 1 aromatic rings. The SMILES string of the molecule is CC.CC.CC.CC(C)CCC(C)C(C)CCC(C)C.Cc1ccc(C2CCC2)c(C)c1. The molecule has 2 unspecified atom stereocenters. The number of aryl methyl sites for hydroxylation is 2. The van der Waals surface area contributed by atoms with E-state index in [0.29, 0.717) is 0 Å². The lowest BCUT2D eigenvalue weighted by Crippen LogP contribution is -2.10. The number of benzene rings is 1. The second-order valence-corrected chi connectivity index (χ2v) is 9.88. The first-order valence-electron chi connectivity index (χ1n) is 14.3. The molecule has 32 heavy (non-hydrogen) atoms. The minimum atomic E-state index is 0.870. The van der Waals surface area contributed by atoms with Gasteiger partial charge in [-0.2, -0.15) is 0 Å². The number of hydrogen-bond acceptors (Lipinski definition) is 0. The van der Waals surface area contributed by atoms with E-state index in [0.717, 1.165) is 29.6 Å². The molecule has 0 amide bonds. The molecule has 0 bridgehead atoms. The summed E-state index contributed by atoms with van der Waals surface area (Å²) in [6.45, 7) is 30.5. The summed E-state index contributed by atoms with van der Waals surface area (Å²) in [6.07, 6.45) is 9.86. The largest absolute Gasteiger partial charge is 0.0683 e. The maximum Gasteiger partial charge on any atom is -0.0159 e. The molecular formula is C32H64. The van der Waals surface area contributed by atoms with Gasteiger partial charge in [0.1, 0.15) is 0 Å². The maximum absolute atomic E-state index is 2.42. The van der Waals surface area contributed by atoms with Crippen LogP contribution in [0.3, 0.4) is 0 Å². The highest BCUT2D eigenvalue weighted by atomic mass is 14.3. The lowest BCUT2D eigenvalue weighted by atomic mass is 9.78. The molecule has 0 aromatic heterocycles. The lowest BCUT2D eigenvalue weighted by molar-refractivity contribution is 0.303. The summed E-state index contributed by atoms with van der Waals surface area (Å²) < 4.78 is 0. The molecule has 0 heteroatoms. The topological polar surface area (TPSA) is 0 Å². The molecule has 0 heterocycles. The average molecular weight is 449 g/mol. The van der Waals surface area contributed by atoms with Crippen LogP contribution in [0.15, 0.2) is 18.2 Å². The third-order valence-corrected chi connectivity index (χ3v) is 6.34. The van der Waals surface area contributed by atoms with Gasteiger partial charge in [-0.25, -0.2) is 0 Å². The van der Waals surface area contributed by atoms with Crippen molar-refractivity contribution in [2.75, 3.05) is 0 Å². The van der Waals surface area contributed by atoms with Gasteiger partial charge in [-0.1, -0.05) is 139 Å². The zero-order valence-electron chi connectivity index (χ0n) is 25.1. The van der Waals surface area contributed by atoms with Crippen LogP contribution in [-0.2, 0) is 0 Å². The van der Waals surface area contributed by atoms with Gasteiger partial charge in [0.15, 0.2) is 0 Å². The van der Waals surface area contributed by atoms with Crippen molar-refractivity contribution in [2.24, 2.45) is 23.7 Å². The Bertz CT molecular complexity index is 477. The van der Waals surface area contributed by atoms with Gasteiger partial charge in [-0.15, -0.1) is 0 Å². The van der Waals surface area contributed by atoms with E-state index in [1.807, 2.05) is 41.5 Å². The van der Waals surface area contributed by atoms with Crippen LogP contribution in [0.25, 0.3) is 0 Å². The number of hydrogen-bond donors (Lipinski definition) is 0. The fourth-order valence-corrected chi connectivity index (χ4v) is 3.76. The molecule has 1 aromatic carbocycles. The molecule has 0 spiro atoms. The van der Waals surface area contributed by atoms with Gasteiger partial charge in [0.05, 0.1) is 0 Å². The molecule has 0 radical (unpaired) electrons. The van der Waals surface area contributed by atoms with Crippen molar-refractivity contribution in [3.05, 3.63) is 34.9 Å². The van der Waals surface area contributed by atoms with Crippen LogP contribution in [0.2, 0.25) is 0 Å². The van der Waals surface area contributed by atoms with Gasteiger partial charge in [0, 0.05) is 0 Å². The molecule has 0 aliphatic heterocycles. The van der Waals surface area contributed by atoms with Crippen molar-refractivity contribution < 1.29 is 0 Å². The van der Waals surface area contributed by atoms with Crippen molar-refractivity contribution in [3.63, 3.8) is 0 Å². The fraction of sp³-hybridized carbons (Fsp3) is 0.812. The van der Waals surface area contributed by atoms with E-state index < -0.39 is 0 Å². The molecule has 1 aliphatic carbocycles. The molecule has 0 N–H and O–H groups in total. The van der Waals surface area contributed by atoms with Crippen LogP contribution in [0.5, 0.6) is 0 Å². The van der Waals surface area contributed by atoms with Crippen LogP contribution in [0.1, 0.15) is 151 Å². The monoisotopic (exact) mass is 449 g/mol. The summed E-state index contributed by atoms with van der Waals surface area (Å²) >= 11 is 0. The van der Waals surface area contributed by atoms with Crippen molar-refractivity contribution in [3.8, 4) is 0 Å². The molecule has 0 saturated heterocycles. The third kappa shape index (κ3) is 17.7. The predicted octanol–water partition coefficient (Wildman–Crippen LogP) is 11.8. The summed E-state index contributed by atoms with van der Waals surface area (Å²) in [5.74, 6) is 4.45. The van der Waals surface area contributed by atoms with Gasteiger partial charge >= 0.3 is 0 Å². The smallest absolute Gasteiger partial charge is 0.0159 e. The van der Waals surface area contributed by atoms with E-state index >= 15 is 0 Å². The van der Waals surface area contributed by atoms with Gasteiger partial charge in [-0.05, 0) is 67.4 Å². The van der Waals surface area contributed by atoms with E-state index in [1.165, 1.54) is 56.1 Å². The van der Waals surface area contributed by atoms with Crippen molar-refractivity contribution >= 4 is 0 Å². The van der Waals surface area contributed by atoms with E-state index in [4.69, 9.17) is 0 Å². The Morgan fingerprint density at radius 2 is 1.06 bits per heavy atom. The first-order chi connectivity index (χ1) is 15.2. The lowest BCUT2D eigenvalue weighted by Gasteiger charge is -2.27. The molecule has 1 fully saturated rings. The summed E-state index contributed by atoms with van der Waals surface area (Å²) in [4.78, 5) is 0. The molecule has 1 saturated carbocycles. The van der Waals surface area contributed by atoms with Gasteiger partial charge in [-0.3, -0.25) is 0 Å². The molecule has 2 rings (SSSR count). The minimum Gasteiger partial charge on any atom is -0.0683 e. The Labute approximate surface area is 206 Å². The minimum absolute atomic E-state index is 0.870. The molecular weight excluding hydrogens is 384 g/mol. The Morgan fingerprint density at radius 1 is 0.656 bits per heavy atom. The first-order valence-corrected chi connectivity index (χ1v) is 14.3. The Hall–Kier alpha value is -0.780. The Balaban J connectivity index is -0.000000427. The van der Waals surface area contributed by atoms with E-state index in [1.54, 1.807) is 5.56 Å². The molecule has 1 aliphatic rings. The van der Waals surface area contributed by atoms with E-state index in [9.17, 15) is 0 Å². The van der Waals surface area contributed by atoms with Crippen LogP contribution in [-0.4, -0.2) is 0 Å². The molecule has 192 valence electrons. The highest BCUT2D eigenvalue weighted by Crippen LogP contribution is 2.37. The van der Waals surface area contributed by atoms with Gasteiger partial charge in [0.25, 0.3) is 0 Å². The predicted molar refractivity (Wildman–Crippen MR) is 153 cm³/mol. The normalized spacial score (nSPS) is 14.2. The standard InChI is InChI=1S/C14H30.C12H16.3C2H6/c1-11(2)7-9-13(5)14(6)10-8-12(3)4;1-9-6-7-12(10(2)8-9)11-4-3-5-11;3*1-2/h11-14H,7-10H2,1-6H3;6-8,11H,3-5H2,1-2H3;3*1-2H3. The second-order valence-electron chi connectivity index (χ2n) is 9.88. The summed E-state index contributed by atoms with van der Waals surface area (Å²) in [7, 11) is 0. The zero-order valence-corrected chi connectivity index (χ0v) is 25.1. The second kappa shape index (κ2) is 23.4. The first kappa shape index (κ1) is 35.8. The van der Waals surface area contributed by atoms with Crippen LogP contribution >= 0.6 is 0 Å². The van der Waals surface area contributed by atoms with Crippen LogP contribution in [0, 0.1) is 37.5 Å². The summed E-state index contributed by atoms with van der Waals surface area (Å²) in [5, 5.41) is 0. The average Bonchev–Trinajstić information content (AvgIpc) is 2.75. The Morgan fingerprint density at radius 3 is 1.34 bits per heavy atom. The maximum atomic E-state index is 2.42. The van der Waals surface area contributed by atoms with Crippen molar-refractivity contribution in [1.82, 2.24) is 0 Å².